The average Bonchev–Trinajstić information content (AvgIpc) is 2.66. The van der Waals surface area contributed by atoms with Gasteiger partial charge in [0.15, 0.2) is 0 Å². The summed E-state index contributed by atoms with van der Waals surface area (Å²) in [6, 6.07) is 0. The first-order valence-corrected chi connectivity index (χ1v) is 8.31. The molecule has 4 heteroatoms. The molecule has 19 heavy (non-hydrogen) atoms. The van der Waals surface area contributed by atoms with Gasteiger partial charge in [-0.3, -0.25) is 0 Å². The Balaban J connectivity index is 1.95. The molecule has 1 fully saturated rings. The first-order valence-electron chi connectivity index (χ1n) is 7.43. The van der Waals surface area contributed by atoms with Crippen molar-refractivity contribution >= 4 is 11.3 Å². The number of rotatable bonds is 5. The molecule has 0 radical (unpaired) electrons. The molecule has 0 spiro atoms. The van der Waals surface area contributed by atoms with E-state index in [9.17, 15) is 0 Å². The Labute approximate surface area is 121 Å². The van der Waals surface area contributed by atoms with Crippen molar-refractivity contribution in [3.63, 3.8) is 0 Å². The van der Waals surface area contributed by atoms with Crippen LogP contribution in [-0.2, 0) is 6.54 Å². The molecular formula is C15H27N3S. The van der Waals surface area contributed by atoms with Gasteiger partial charge in [-0.2, -0.15) is 0 Å². The smallest absolute Gasteiger partial charge is 0.0798 e. The van der Waals surface area contributed by atoms with Crippen LogP contribution in [-0.4, -0.2) is 30.0 Å². The summed E-state index contributed by atoms with van der Waals surface area (Å²) in [5.74, 6) is 0. The second-order valence-electron chi connectivity index (χ2n) is 6.15. The normalized spacial score (nSPS) is 19.6. The van der Waals surface area contributed by atoms with Gasteiger partial charge in [-0.15, -0.1) is 11.3 Å². The Morgan fingerprint density at radius 3 is 2.53 bits per heavy atom. The van der Waals surface area contributed by atoms with Gasteiger partial charge in [0.05, 0.1) is 11.2 Å². The maximum atomic E-state index is 6.12. The first-order chi connectivity index (χ1) is 9.15. The molecule has 0 unspecified atom stereocenters. The van der Waals surface area contributed by atoms with E-state index in [0.29, 0.717) is 5.41 Å². The highest BCUT2D eigenvalue weighted by Crippen LogP contribution is 2.35. The molecule has 108 valence electrons. The van der Waals surface area contributed by atoms with E-state index in [1.807, 2.05) is 5.51 Å². The van der Waals surface area contributed by atoms with Crippen LogP contribution in [0.2, 0.25) is 0 Å². The molecule has 1 aliphatic rings. The molecule has 0 saturated heterocycles. The standard InChI is InChI=1S/C15H27N3S/c1-13-14(19-12-17-13)9-18(2)11-15(10-16)7-5-3-4-6-8-15/h12H,3-11,16H2,1-2H3. The highest BCUT2D eigenvalue weighted by molar-refractivity contribution is 7.09. The van der Waals surface area contributed by atoms with Gasteiger partial charge < -0.3 is 10.6 Å². The zero-order valence-corrected chi connectivity index (χ0v) is 13.1. The molecule has 3 nitrogen and oxygen atoms in total. The van der Waals surface area contributed by atoms with Crippen molar-refractivity contribution in [3.8, 4) is 0 Å². The molecule has 0 amide bonds. The van der Waals surface area contributed by atoms with E-state index < -0.39 is 0 Å². The summed E-state index contributed by atoms with van der Waals surface area (Å²) in [6.07, 6.45) is 8.08. The minimum absolute atomic E-state index is 0.351. The fourth-order valence-corrected chi connectivity index (χ4v) is 4.11. The lowest BCUT2D eigenvalue weighted by Crippen LogP contribution is -2.40. The number of hydrogen-bond donors (Lipinski definition) is 1. The fourth-order valence-electron chi connectivity index (χ4n) is 3.26. The molecule has 0 bridgehead atoms. The van der Waals surface area contributed by atoms with Crippen molar-refractivity contribution in [2.75, 3.05) is 20.1 Å². The molecule has 1 aromatic heterocycles. The maximum Gasteiger partial charge on any atom is 0.0798 e. The summed E-state index contributed by atoms with van der Waals surface area (Å²) in [5.41, 5.74) is 9.60. The number of nitrogens with zero attached hydrogens (tertiary/aromatic N) is 2. The number of hydrogen-bond acceptors (Lipinski definition) is 4. The van der Waals surface area contributed by atoms with Crippen LogP contribution in [0.25, 0.3) is 0 Å². The predicted octanol–water partition coefficient (Wildman–Crippen LogP) is 3.18. The summed E-state index contributed by atoms with van der Waals surface area (Å²) in [4.78, 5) is 8.17. The molecule has 1 saturated carbocycles. The predicted molar refractivity (Wildman–Crippen MR) is 82.4 cm³/mol. The van der Waals surface area contributed by atoms with Gasteiger partial charge in [0, 0.05) is 18.0 Å². The SMILES string of the molecule is Cc1ncsc1CN(C)CC1(CN)CCCCCC1. The van der Waals surface area contributed by atoms with E-state index in [2.05, 4.69) is 23.9 Å². The third-order valence-corrected chi connectivity index (χ3v) is 5.38. The van der Waals surface area contributed by atoms with Crippen molar-refractivity contribution < 1.29 is 0 Å². The lowest BCUT2D eigenvalue weighted by Gasteiger charge is -2.35. The van der Waals surface area contributed by atoms with Gasteiger partial charge in [-0.25, -0.2) is 4.98 Å². The van der Waals surface area contributed by atoms with Gasteiger partial charge in [0.1, 0.15) is 0 Å². The number of nitrogens with two attached hydrogens (primary N) is 1. The first kappa shape index (κ1) is 14.9. The quantitative estimate of drug-likeness (QED) is 0.843. The van der Waals surface area contributed by atoms with Crippen molar-refractivity contribution in [3.05, 3.63) is 16.1 Å². The van der Waals surface area contributed by atoms with Crippen LogP contribution in [0.15, 0.2) is 5.51 Å². The summed E-state index contributed by atoms with van der Waals surface area (Å²) in [7, 11) is 2.22. The van der Waals surface area contributed by atoms with Crippen LogP contribution in [0.5, 0.6) is 0 Å². The molecular weight excluding hydrogens is 254 g/mol. The van der Waals surface area contributed by atoms with Crippen LogP contribution >= 0.6 is 11.3 Å². The zero-order valence-electron chi connectivity index (χ0n) is 12.3. The molecule has 1 heterocycles. The summed E-state index contributed by atoms with van der Waals surface area (Å²) in [6.45, 7) is 5.07. The molecule has 0 aromatic carbocycles. The monoisotopic (exact) mass is 281 g/mol. The van der Waals surface area contributed by atoms with Crippen LogP contribution in [0.1, 0.15) is 49.1 Å². The Morgan fingerprint density at radius 2 is 2.00 bits per heavy atom. The highest BCUT2D eigenvalue weighted by Gasteiger charge is 2.30. The lowest BCUT2D eigenvalue weighted by molar-refractivity contribution is 0.153. The topological polar surface area (TPSA) is 42.2 Å². The van der Waals surface area contributed by atoms with Crippen LogP contribution in [0.3, 0.4) is 0 Å². The summed E-state index contributed by atoms with van der Waals surface area (Å²) in [5, 5.41) is 0. The summed E-state index contributed by atoms with van der Waals surface area (Å²) >= 11 is 1.77. The Morgan fingerprint density at radius 1 is 1.32 bits per heavy atom. The number of aromatic nitrogens is 1. The van der Waals surface area contributed by atoms with E-state index in [-0.39, 0.29) is 0 Å². The van der Waals surface area contributed by atoms with E-state index in [1.54, 1.807) is 11.3 Å². The van der Waals surface area contributed by atoms with Gasteiger partial charge in [0.25, 0.3) is 0 Å². The van der Waals surface area contributed by atoms with Crippen molar-refractivity contribution in [2.24, 2.45) is 11.1 Å². The van der Waals surface area contributed by atoms with E-state index in [0.717, 1.165) is 19.6 Å². The van der Waals surface area contributed by atoms with Gasteiger partial charge in [-0.05, 0) is 38.8 Å². The number of aryl methyl sites for hydroxylation is 1. The Kier molecular flexibility index (Phi) is 5.37. The van der Waals surface area contributed by atoms with E-state index >= 15 is 0 Å². The van der Waals surface area contributed by atoms with Crippen LogP contribution in [0, 0.1) is 12.3 Å². The maximum absolute atomic E-state index is 6.12. The molecule has 2 N–H and O–H groups in total. The lowest BCUT2D eigenvalue weighted by atomic mass is 9.80. The number of thiazole rings is 1. The van der Waals surface area contributed by atoms with Gasteiger partial charge >= 0.3 is 0 Å². The zero-order chi connectivity index (χ0) is 13.7. The van der Waals surface area contributed by atoms with Crippen molar-refractivity contribution in [2.45, 2.75) is 52.0 Å². The van der Waals surface area contributed by atoms with Gasteiger partial charge in [-0.1, -0.05) is 25.7 Å². The molecule has 1 aliphatic carbocycles. The second kappa shape index (κ2) is 6.82. The minimum Gasteiger partial charge on any atom is -0.330 e. The van der Waals surface area contributed by atoms with E-state index in [1.165, 1.54) is 49.1 Å². The van der Waals surface area contributed by atoms with Crippen molar-refractivity contribution in [1.82, 2.24) is 9.88 Å². The third-order valence-electron chi connectivity index (χ3n) is 4.46. The summed E-state index contributed by atoms with van der Waals surface area (Å²) < 4.78 is 0. The van der Waals surface area contributed by atoms with Crippen molar-refractivity contribution in [1.29, 1.82) is 0 Å². The average molecular weight is 281 g/mol. The molecule has 0 atom stereocenters. The molecule has 1 aromatic rings. The van der Waals surface area contributed by atoms with Crippen LogP contribution < -0.4 is 5.73 Å². The fraction of sp³-hybridized carbons (Fsp3) is 0.800. The minimum atomic E-state index is 0.351. The molecule has 0 aliphatic heterocycles. The highest BCUT2D eigenvalue weighted by atomic mass is 32.1. The molecule has 2 rings (SSSR count). The Hall–Kier alpha value is -0.450. The largest absolute Gasteiger partial charge is 0.330 e. The third kappa shape index (κ3) is 4.01. The van der Waals surface area contributed by atoms with Crippen LogP contribution in [0.4, 0.5) is 0 Å². The second-order valence-corrected chi connectivity index (χ2v) is 7.09. The van der Waals surface area contributed by atoms with Gasteiger partial charge in [0.2, 0.25) is 0 Å². The Bertz CT molecular complexity index is 380. The van der Waals surface area contributed by atoms with E-state index in [4.69, 9.17) is 5.73 Å².